The van der Waals surface area contributed by atoms with Gasteiger partial charge in [-0.05, 0) is 37.8 Å². The molecule has 1 aromatic rings. The Bertz CT molecular complexity index is 590. The van der Waals surface area contributed by atoms with Crippen LogP contribution < -0.4 is 5.32 Å². The van der Waals surface area contributed by atoms with Crippen molar-refractivity contribution >= 4 is 11.8 Å². The van der Waals surface area contributed by atoms with Crippen molar-refractivity contribution in [2.45, 2.75) is 38.6 Å². The van der Waals surface area contributed by atoms with E-state index in [1.807, 2.05) is 36.1 Å². The molecule has 2 amide bonds. The molecule has 2 saturated heterocycles. The molecular formula is C19H27N3O2. The number of rotatable bonds is 5. The maximum absolute atomic E-state index is 12.4. The third-order valence-electron chi connectivity index (χ3n) is 5.16. The first-order chi connectivity index (χ1) is 11.6. The van der Waals surface area contributed by atoms with Gasteiger partial charge in [-0.1, -0.05) is 18.2 Å². The van der Waals surface area contributed by atoms with Gasteiger partial charge in [0.15, 0.2) is 0 Å². The quantitative estimate of drug-likeness (QED) is 0.896. The lowest BCUT2D eigenvalue weighted by atomic mass is 10.0. The lowest BCUT2D eigenvalue weighted by molar-refractivity contribution is -0.135. The summed E-state index contributed by atoms with van der Waals surface area (Å²) < 4.78 is 0. The van der Waals surface area contributed by atoms with E-state index >= 15 is 0 Å². The molecule has 1 aromatic carbocycles. The van der Waals surface area contributed by atoms with E-state index in [1.165, 1.54) is 0 Å². The molecule has 0 aromatic heterocycles. The van der Waals surface area contributed by atoms with Gasteiger partial charge in [0, 0.05) is 50.7 Å². The summed E-state index contributed by atoms with van der Waals surface area (Å²) in [5.74, 6) is 0.316. The molecule has 0 atom stereocenters. The van der Waals surface area contributed by atoms with Crippen LogP contribution in [0.5, 0.6) is 0 Å². The molecule has 0 radical (unpaired) electrons. The van der Waals surface area contributed by atoms with Gasteiger partial charge in [0.1, 0.15) is 0 Å². The average Bonchev–Trinajstić information content (AvgIpc) is 2.53. The zero-order valence-electron chi connectivity index (χ0n) is 14.5. The Balaban J connectivity index is 1.39. The monoisotopic (exact) mass is 329 g/mol. The maximum Gasteiger partial charge on any atom is 0.251 e. The SMILES string of the molecule is Cc1ccccc1C(=O)NC1CCN(CCC(=O)N2CCC2)CC1. The fraction of sp³-hybridized carbons (Fsp3) is 0.579. The summed E-state index contributed by atoms with van der Waals surface area (Å²) in [5.41, 5.74) is 1.78. The summed E-state index contributed by atoms with van der Waals surface area (Å²) in [6, 6.07) is 7.93. The molecule has 2 heterocycles. The smallest absolute Gasteiger partial charge is 0.251 e. The van der Waals surface area contributed by atoms with Gasteiger partial charge in [-0.25, -0.2) is 0 Å². The lowest BCUT2D eigenvalue weighted by Gasteiger charge is -2.34. The number of nitrogens with one attached hydrogen (secondary N) is 1. The highest BCUT2D eigenvalue weighted by atomic mass is 16.2. The van der Waals surface area contributed by atoms with Crippen LogP contribution >= 0.6 is 0 Å². The molecule has 0 unspecified atom stereocenters. The van der Waals surface area contributed by atoms with Crippen LogP contribution in [0.4, 0.5) is 0 Å². The van der Waals surface area contributed by atoms with Crippen LogP contribution in [0.3, 0.4) is 0 Å². The number of benzene rings is 1. The zero-order chi connectivity index (χ0) is 16.9. The minimum absolute atomic E-state index is 0.0273. The predicted molar refractivity (Wildman–Crippen MR) is 93.9 cm³/mol. The Morgan fingerprint density at radius 2 is 1.83 bits per heavy atom. The van der Waals surface area contributed by atoms with Crippen molar-refractivity contribution in [2.24, 2.45) is 0 Å². The van der Waals surface area contributed by atoms with Crippen LogP contribution in [0.25, 0.3) is 0 Å². The van der Waals surface area contributed by atoms with Crippen molar-refractivity contribution in [2.75, 3.05) is 32.7 Å². The number of likely N-dealkylation sites (tertiary alicyclic amines) is 2. The fourth-order valence-corrected chi connectivity index (χ4v) is 3.37. The summed E-state index contributed by atoms with van der Waals surface area (Å²) in [6.07, 6.45) is 3.68. The molecule has 3 rings (SSSR count). The summed E-state index contributed by atoms with van der Waals surface area (Å²) in [5, 5.41) is 3.16. The summed E-state index contributed by atoms with van der Waals surface area (Å²) in [6.45, 7) is 6.58. The first-order valence-corrected chi connectivity index (χ1v) is 9.00. The van der Waals surface area contributed by atoms with Gasteiger partial charge in [0.25, 0.3) is 5.91 Å². The molecule has 130 valence electrons. The largest absolute Gasteiger partial charge is 0.349 e. The molecule has 24 heavy (non-hydrogen) atoms. The molecule has 5 heteroatoms. The number of piperidine rings is 1. The fourth-order valence-electron chi connectivity index (χ4n) is 3.37. The van der Waals surface area contributed by atoms with Crippen LogP contribution in [0.2, 0.25) is 0 Å². The Hall–Kier alpha value is -1.88. The average molecular weight is 329 g/mol. The number of hydrogen-bond acceptors (Lipinski definition) is 3. The second kappa shape index (κ2) is 7.79. The van der Waals surface area contributed by atoms with Crippen LogP contribution in [-0.2, 0) is 4.79 Å². The number of carbonyl (C=O) groups is 2. The summed E-state index contributed by atoms with van der Waals surface area (Å²) in [7, 11) is 0. The van der Waals surface area contributed by atoms with E-state index in [2.05, 4.69) is 10.2 Å². The van der Waals surface area contributed by atoms with Crippen molar-refractivity contribution in [3.8, 4) is 0 Å². The van der Waals surface area contributed by atoms with Crippen LogP contribution in [0.15, 0.2) is 24.3 Å². The number of amides is 2. The van der Waals surface area contributed by atoms with Gasteiger partial charge < -0.3 is 15.1 Å². The molecule has 0 spiro atoms. The van der Waals surface area contributed by atoms with Crippen molar-refractivity contribution in [1.82, 2.24) is 15.1 Å². The second-order valence-electron chi connectivity index (χ2n) is 6.89. The third kappa shape index (κ3) is 4.15. The topological polar surface area (TPSA) is 52.7 Å². The van der Waals surface area contributed by atoms with Gasteiger partial charge in [-0.2, -0.15) is 0 Å². The highest BCUT2D eigenvalue weighted by Crippen LogP contribution is 2.14. The standard InChI is InChI=1S/C19H27N3O2/c1-15-5-2-3-6-17(15)19(24)20-16-7-12-21(13-8-16)14-9-18(23)22-10-4-11-22/h2-3,5-6,16H,4,7-14H2,1H3,(H,20,24). The molecule has 2 aliphatic rings. The minimum Gasteiger partial charge on any atom is -0.349 e. The summed E-state index contributed by atoms with van der Waals surface area (Å²) >= 11 is 0. The van der Waals surface area contributed by atoms with Crippen molar-refractivity contribution in [1.29, 1.82) is 0 Å². The van der Waals surface area contributed by atoms with Gasteiger partial charge in [0.2, 0.25) is 5.91 Å². The Morgan fingerprint density at radius 1 is 1.12 bits per heavy atom. The second-order valence-corrected chi connectivity index (χ2v) is 6.89. The number of aryl methyl sites for hydroxylation is 1. The van der Waals surface area contributed by atoms with Gasteiger partial charge in [0.05, 0.1) is 0 Å². The highest BCUT2D eigenvalue weighted by molar-refractivity contribution is 5.95. The van der Waals surface area contributed by atoms with Gasteiger partial charge in [-0.15, -0.1) is 0 Å². The molecule has 1 N–H and O–H groups in total. The van der Waals surface area contributed by atoms with Crippen LogP contribution in [0.1, 0.15) is 41.6 Å². The molecule has 0 saturated carbocycles. The Labute approximate surface area is 144 Å². The van der Waals surface area contributed by atoms with Crippen molar-refractivity contribution in [3.63, 3.8) is 0 Å². The highest BCUT2D eigenvalue weighted by Gasteiger charge is 2.24. The third-order valence-corrected chi connectivity index (χ3v) is 5.16. The lowest BCUT2D eigenvalue weighted by Crippen LogP contribution is -2.46. The van der Waals surface area contributed by atoms with E-state index in [0.717, 1.165) is 63.1 Å². The van der Waals surface area contributed by atoms with Gasteiger partial charge >= 0.3 is 0 Å². The molecule has 5 nitrogen and oxygen atoms in total. The van der Waals surface area contributed by atoms with Crippen LogP contribution in [0, 0.1) is 6.92 Å². The minimum atomic E-state index is 0.0273. The first-order valence-electron chi connectivity index (χ1n) is 9.00. The molecule has 0 bridgehead atoms. The van der Waals surface area contributed by atoms with E-state index in [1.54, 1.807) is 0 Å². The van der Waals surface area contributed by atoms with Crippen molar-refractivity contribution < 1.29 is 9.59 Å². The first kappa shape index (κ1) is 17.0. The maximum atomic E-state index is 12.4. The normalized spacial score (nSPS) is 19.0. The number of nitrogens with zero attached hydrogens (tertiary/aromatic N) is 2. The van der Waals surface area contributed by atoms with E-state index in [9.17, 15) is 9.59 Å². The van der Waals surface area contributed by atoms with E-state index in [0.29, 0.717) is 6.42 Å². The number of hydrogen-bond donors (Lipinski definition) is 1. The Morgan fingerprint density at radius 3 is 2.46 bits per heavy atom. The zero-order valence-corrected chi connectivity index (χ0v) is 14.5. The predicted octanol–water partition coefficient (Wildman–Crippen LogP) is 1.81. The molecule has 2 fully saturated rings. The molecular weight excluding hydrogens is 302 g/mol. The van der Waals surface area contributed by atoms with E-state index in [-0.39, 0.29) is 17.9 Å². The molecule has 2 aliphatic heterocycles. The Kier molecular flexibility index (Phi) is 5.51. The van der Waals surface area contributed by atoms with Gasteiger partial charge in [-0.3, -0.25) is 9.59 Å². The molecule has 0 aliphatic carbocycles. The number of carbonyl (C=O) groups excluding carboxylic acids is 2. The summed E-state index contributed by atoms with van der Waals surface area (Å²) in [4.78, 5) is 28.6. The van der Waals surface area contributed by atoms with E-state index in [4.69, 9.17) is 0 Å². The van der Waals surface area contributed by atoms with Crippen LogP contribution in [-0.4, -0.2) is 60.4 Å². The van der Waals surface area contributed by atoms with Crippen molar-refractivity contribution in [3.05, 3.63) is 35.4 Å². The van der Waals surface area contributed by atoms with E-state index < -0.39 is 0 Å².